The topological polar surface area (TPSA) is 55.2 Å². The fraction of sp³-hybridized carbons (Fsp3) is 0.692. The van der Waals surface area contributed by atoms with E-state index in [2.05, 4.69) is 43.8 Å². The van der Waals surface area contributed by atoms with Crippen molar-refractivity contribution in [1.29, 1.82) is 0 Å². The first-order chi connectivity index (χ1) is 8.13. The highest BCUT2D eigenvalue weighted by Crippen LogP contribution is 2.36. The summed E-state index contributed by atoms with van der Waals surface area (Å²) in [6.45, 7) is 13.0. The summed E-state index contributed by atoms with van der Waals surface area (Å²) in [4.78, 5) is 8.23. The molecule has 0 spiro atoms. The zero-order valence-electron chi connectivity index (χ0n) is 12.2. The second-order valence-corrected chi connectivity index (χ2v) is 11.0. The third-order valence-electron chi connectivity index (χ3n) is 3.51. The third kappa shape index (κ3) is 3.86. The minimum absolute atomic E-state index is 0.140. The van der Waals surface area contributed by atoms with Gasteiger partial charge in [-0.1, -0.05) is 20.8 Å². The highest BCUT2D eigenvalue weighted by Gasteiger charge is 2.37. The fourth-order valence-electron chi connectivity index (χ4n) is 1.15. The fourth-order valence-corrected chi connectivity index (χ4v) is 2.16. The molecule has 4 nitrogen and oxygen atoms in total. The number of aromatic nitrogens is 2. The number of rotatable bonds is 4. The molecule has 18 heavy (non-hydrogen) atoms. The van der Waals surface area contributed by atoms with Gasteiger partial charge in [-0.25, -0.2) is 9.97 Å². The minimum atomic E-state index is -1.83. The average molecular weight is 268 g/mol. The molecule has 1 atom stereocenters. The molecule has 0 fully saturated rings. The molecule has 1 N–H and O–H groups in total. The van der Waals surface area contributed by atoms with Gasteiger partial charge in [0, 0.05) is 12.4 Å². The SMILES string of the molecule is Cc1cnc(C(O)CO[Si](C)(C)C(C)(C)C)nc1. The van der Waals surface area contributed by atoms with E-state index in [4.69, 9.17) is 4.43 Å². The van der Waals surface area contributed by atoms with Crippen molar-refractivity contribution in [2.45, 2.75) is 51.9 Å². The van der Waals surface area contributed by atoms with E-state index in [0.717, 1.165) is 5.56 Å². The maximum atomic E-state index is 10.0. The molecule has 1 aromatic rings. The van der Waals surface area contributed by atoms with Crippen LogP contribution in [0.1, 0.15) is 38.3 Å². The Kier molecular flexibility index (Phi) is 4.64. The number of hydrogen-bond donors (Lipinski definition) is 1. The lowest BCUT2D eigenvalue weighted by Crippen LogP contribution is -2.41. The van der Waals surface area contributed by atoms with E-state index in [0.29, 0.717) is 5.82 Å². The molecule has 1 unspecified atom stereocenters. The number of hydrogen-bond acceptors (Lipinski definition) is 4. The van der Waals surface area contributed by atoms with Gasteiger partial charge in [-0.2, -0.15) is 0 Å². The maximum Gasteiger partial charge on any atom is 0.192 e. The molecule has 0 saturated carbocycles. The van der Waals surface area contributed by atoms with Gasteiger partial charge in [-0.3, -0.25) is 0 Å². The lowest BCUT2D eigenvalue weighted by molar-refractivity contribution is 0.0932. The molecule has 0 amide bonds. The zero-order chi connectivity index (χ0) is 14.0. The molecule has 5 heteroatoms. The van der Waals surface area contributed by atoms with Crippen LogP contribution in [0, 0.1) is 6.92 Å². The van der Waals surface area contributed by atoms with Gasteiger partial charge in [0.2, 0.25) is 0 Å². The second kappa shape index (κ2) is 5.46. The van der Waals surface area contributed by atoms with Crippen LogP contribution < -0.4 is 0 Å². The van der Waals surface area contributed by atoms with E-state index < -0.39 is 14.4 Å². The van der Waals surface area contributed by atoms with Crippen LogP contribution in [0.2, 0.25) is 18.1 Å². The highest BCUT2D eigenvalue weighted by molar-refractivity contribution is 6.74. The number of aryl methyl sites for hydroxylation is 1. The molecular formula is C13H24N2O2Si. The lowest BCUT2D eigenvalue weighted by Gasteiger charge is -2.36. The number of aliphatic hydroxyl groups excluding tert-OH is 1. The summed E-state index contributed by atoms with van der Waals surface area (Å²) in [5.41, 5.74) is 0.983. The minimum Gasteiger partial charge on any atom is -0.414 e. The Balaban J connectivity index is 2.61. The molecule has 0 bridgehead atoms. The molecular weight excluding hydrogens is 244 g/mol. The van der Waals surface area contributed by atoms with E-state index in [9.17, 15) is 5.11 Å². The van der Waals surface area contributed by atoms with Gasteiger partial charge in [0.1, 0.15) is 6.10 Å². The summed E-state index contributed by atoms with van der Waals surface area (Å²) in [6, 6.07) is 0. The Morgan fingerprint density at radius 2 is 1.78 bits per heavy atom. The van der Waals surface area contributed by atoms with Crippen LogP contribution in [0.5, 0.6) is 0 Å². The van der Waals surface area contributed by atoms with E-state index in [1.165, 1.54) is 0 Å². The van der Waals surface area contributed by atoms with Gasteiger partial charge in [-0.15, -0.1) is 0 Å². The summed E-state index contributed by atoms with van der Waals surface area (Å²) >= 11 is 0. The van der Waals surface area contributed by atoms with Crippen LogP contribution in [0.3, 0.4) is 0 Å². The van der Waals surface area contributed by atoms with Crippen molar-refractivity contribution in [2.75, 3.05) is 6.61 Å². The predicted octanol–water partition coefficient (Wildman–Crippen LogP) is 2.84. The summed E-state index contributed by atoms with van der Waals surface area (Å²) in [5.74, 6) is 0.430. The first-order valence-corrected chi connectivity index (χ1v) is 9.15. The van der Waals surface area contributed by atoms with E-state index in [-0.39, 0.29) is 11.6 Å². The molecule has 1 heterocycles. The third-order valence-corrected chi connectivity index (χ3v) is 8.01. The molecule has 0 aromatic carbocycles. The largest absolute Gasteiger partial charge is 0.414 e. The summed E-state index contributed by atoms with van der Waals surface area (Å²) < 4.78 is 5.95. The van der Waals surface area contributed by atoms with Crippen molar-refractivity contribution < 1.29 is 9.53 Å². The molecule has 1 rings (SSSR count). The summed E-state index contributed by atoms with van der Waals surface area (Å²) in [7, 11) is -1.83. The van der Waals surface area contributed by atoms with Crippen LogP contribution >= 0.6 is 0 Å². The Bertz CT molecular complexity index is 385. The summed E-state index contributed by atoms with van der Waals surface area (Å²) in [6.07, 6.45) is 2.66. The van der Waals surface area contributed by atoms with Crippen LogP contribution in [0.25, 0.3) is 0 Å². The van der Waals surface area contributed by atoms with E-state index in [1.807, 2.05) is 6.92 Å². The van der Waals surface area contributed by atoms with Crippen LogP contribution in [-0.2, 0) is 4.43 Å². The maximum absolute atomic E-state index is 10.0. The van der Waals surface area contributed by atoms with E-state index >= 15 is 0 Å². The van der Waals surface area contributed by atoms with Crippen molar-refractivity contribution >= 4 is 8.32 Å². The molecule has 1 aromatic heterocycles. The van der Waals surface area contributed by atoms with E-state index in [1.54, 1.807) is 12.4 Å². The van der Waals surface area contributed by atoms with Gasteiger partial charge in [0.25, 0.3) is 0 Å². The monoisotopic (exact) mass is 268 g/mol. The van der Waals surface area contributed by atoms with Crippen molar-refractivity contribution in [3.8, 4) is 0 Å². The predicted molar refractivity (Wildman–Crippen MR) is 74.9 cm³/mol. The molecule has 0 radical (unpaired) electrons. The van der Waals surface area contributed by atoms with Gasteiger partial charge < -0.3 is 9.53 Å². The second-order valence-electron chi connectivity index (χ2n) is 6.21. The van der Waals surface area contributed by atoms with Crippen molar-refractivity contribution in [1.82, 2.24) is 9.97 Å². The van der Waals surface area contributed by atoms with Crippen LogP contribution in [0.15, 0.2) is 12.4 Å². The standard InChI is InChI=1S/C13H24N2O2Si/c1-10-7-14-12(15-8-10)11(16)9-17-18(5,6)13(2,3)4/h7-8,11,16H,9H2,1-6H3. The van der Waals surface area contributed by atoms with Crippen molar-refractivity contribution in [3.05, 3.63) is 23.8 Å². The smallest absolute Gasteiger partial charge is 0.192 e. The first-order valence-electron chi connectivity index (χ1n) is 6.24. The Hall–Kier alpha value is -0.783. The average Bonchev–Trinajstić information content (AvgIpc) is 2.25. The molecule has 0 aliphatic rings. The van der Waals surface area contributed by atoms with Crippen molar-refractivity contribution in [3.63, 3.8) is 0 Å². The Morgan fingerprint density at radius 1 is 1.28 bits per heavy atom. The van der Waals surface area contributed by atoms with Crippen molar-refractivity contribution in [2.24, 2.45) is 0 Å². The van der Waals surface area contributed by atoms with Gasteiger partial charge >= 0.3 is 0 Å². The molecule has 0 aliphatic heterocycles. The Labute approximate surface area is 111 Å². The first kappa shape index (κ1) is 15.3. The normalized spacial score (nSPS) is 14.6. The number of aliphatic hydroxyl groups is 1. The highest BCUT2D eigenvalue weighted by atomic mass is 28.4. The summed E-state index contributed by atoms with van der Waals surface area (Å²) in [5, 5.41) is 10.2. The molecule has 102 valence electrons. The van der Waals surface area contributed by atoms with Crippen LogP contribution in [-0.4, -0.2) is 30.0 Å². The van der Waals surface area contributed by atoms with Gasteiger partial charge in [0.05, 0.1) is 6.61 Å². The van der Waals surface area contributed by atoms with Gasteiger partial charge in [0.15, 0.2) is 14.1 Å². The van der Waals surface area contributed by atoms with Crippen LogP contribution in [0.4, 0.5) is 0 Å². The quantitative estimate of drug-likeness (QED) is 0.853. The Morgan fingerprint density at radius 3 is 2.22 bits per heavy atom. The lowest BCUT2D eigenvalue weighted by atomic mass is 10.2. The molecule has 0 saturated heterocycles. The number of nitrogens with zero attached hydrogens (tertiary/aromatic N) is 2. The molecule has 0 aliphatic carbocycles. The van der Waals surface area contributed by atoms with Gasteiger partial charge in [-0.05, 0) is 30.6 Å². The zero-order valence-corrected chi connectivity index (χ0v) is 13.2.